The number of carbonyl (C=O) groups excluding carboxylic acids is 1. The number of carbonyl (C=O) groups is 1. The summed E-state index contributed by atoms with van der Waals surface area (Å²) in [5.41, 5.74) is 1.13. The Hall–Kier alpha value is -1.36. The molecule has 5 heteroatoms. The second-order valence-electron chi connectivity index (χ2n) is 4.73. The minimum atomic E-state index is 0.228. The van der Waals surface area contributed by atoms with Gasteiger partial charge in [-0.15, -0.1) is 0 Å². The number of hydrogen-bond acceptors (Lipinski definition) is 3. The highest BCUT2D eigenvalue weighted by Gasteiger charge is 2.19. The first-order valence-electron chi connectivity index (χ1n) is 6.15. The summed E-state index contributed by atoms with van der Waals surface area (Å²) >= 11 is 0. The quantitative estimate of drug-likeness (QED) is 0.826. The van der Waals surface area contributed by atoms with Crippen LogP contribution in [0.3, 0.4) is 0 Å². The van der Waals surface area contributed by atoms with Gasteiger partial charge in [-0.3, -0.25) is 9.48 Å². The molecule has 1 N–H and O–H groups in total. The Kier molecular flexibility index (Phi) is 3.78. The Morgan fingerprint density at radius 2 is 2.47 bits per heavy atom. The molecule has 1 aromatic heterocycles. The van der Waals surface area contributed by atoms with E-state index in [-0.39, 0.29) is 5.91 Å². The van der Waals surface area contributed by atoms with Gasteiger partial charge < -0.3 is 10.2 Å². The minimum absolute atomic E-state index is 0.228. The fraction of sp³-hybridized carbons (Fsp3) is 0.667. The average Bonchev–Trinajstić information content (AvgIpc) is 2.72. The van der Waals surface area contributed by atoms with Crippen molar-refractivity contribution in [3.63, 3.8) is 0 Å². The summed E-state index contributed by atoms with van der Waals surface area (Å²) in [5.74, 6) is 0.228. The molecule has 2 rings (SSSR count). The predicted octanol–water partition coefficient (Wildman–Crippen LogP) is 0.402. The zero-order valence-corrected chi connectivity index (χ0v) is 10.5. The van der Waals surface area contributed by atoms with E-state index in [4.69, 9.17) is 0 Å². The van der Waals surface area contributed by atoms with E-state index in [1.807, 2.05) is 28.9 Å². The highest BCUT2D eigenvalue weighted by atomic mass is 16.2. The summed E-state index contributed by atoms with van der Waals surface area (Å²) in [5, 5.41) is 7.51. The third-order valence-electron chi connectivity index (χ3n) is 3.04. The fourth-order valence-electron chi connectivity index (χ4n) is 2.12. The third-order valence-corrected chi connectivity index (χ3v) is 3.04. The van der Waals surface area contributed by atoms with Crippen LogP contribution < -0.4 is 5.32 Å². The van der Waals surface area contributed by atoms with Crippen LogP contribution in [0.2, 0.25) is 0 Å². The van der Waals surface area contributed by atoms with Crippen LogP contribution in [-0.4, -0.2) is 46.3 Å². The molecule has 2 heterocycles. The first kappa shape index (κ1) is 12.1. The lowest BCUT2D eigenvalue weighted by atomic mass is 10.2. The van der Waals surface area contributed by atoms with E-state index in [0.29, 0.717) is 19.0 Å². The normalized spacial score (nSPS) is 20.6. The van der Waals surface area contributed by atoms with E-state index in [2.05, 4.69) is 17.3 Å². The molecule has 0 bridgehead atoms. The van der Waals surface area contributed by atoms with E-state index in [1.54, 1.807) is 0 Å². The zero-order valence-electron chi connectivity index (χ0n) is 10.5. The largest absolute Gasteiger partial charge is 0.340 e. The molecule has 1 aliphatic rings. The summed E-state index contributed by atoms with van der Waals surface area (Å²) in [7, 11) is 0. The van der Waals surface area contributed by atoms with E-state index >= 15 is 0 Å². The highest BCUT2D eigenvalue weighted by molar-refractivity contribution is 5.76. The molecule has 1 saturated heterocycles. The van der Waals surface area contributed by atoms with Crippen molar-refractivity contribution in [1.82, 2.24) is 20.0 Å². The number of hydrogen-bond donors (Lipinski definition) is 1. The maximum Gasteiger partial charge on any atom is 0.224 e. The Bertz CT molecular complexity index is 388. The minimum Gasteiger partial charge on any atom is -0.340 e. The van der Waals surface area contributed by atoms with Gasteiger partial charge in [-0.2, -0.15) is 5.10 Å². The van der Waals surface area contributed by atoms with Crippen LogP contribution in [-0.2, 0) is 11.3 Å². The van der Waals surface area contributed by atoms with Crippen molar-refractivity contribution in [3.8, 4) is 0 Å². The summed E-state index contributed by atoms with van der Waals surface area (Å²) < 4.78 is 1.83. The molecular formula is C12H20N4O. The maximum absolute atomic E-state index is 12.0. The standard InChI is InChI=1S/C12H20N4O/c1-10-7-14-16(8-10)5-3-12(17)15-6-4-13-11(2)9-15/h7-8,11,13H,3-6,9H2,1-2H3/t11-/m1/s1. The van der Waals surface area contributed by atoms with Crippen molar-refractivity contribution < 1.29 is 4.79 Å². The SMILES string of the molecule is Cc1cnn(CCC(=O)N2CCN[C@H](C)C2)c1. The van der Waals surface area contributed by atoms with Crippen LogP contribution in [0.1, 0.15) is 18.9 Å². The van der Waals surface area contributed by atoms with Crippen molar-refractivity contribution in [2.45, 2.75) is 32.9 Å². The monoisotopic (exact) mass is 236 g/mol. The molecule has 5 nitrogen and oxygen atoms in total. The summed E-state index contributed by atoms with van der Waals surface area (Å²) in [6.45, 7) is 7.32. The van der Waals surface area contributed by atoms with Gasteiger partial charge >= 0.3 is 0 Å². The second kappa shape index (κ2) is 5.31. The van der Waals surface area contributed by atoms with Gasteiger partial charge in [0.2, 0.25) is 5.91 Å². The van der Waals surface area contributed by atoms with Crippen molar-refractivity contribution in [2.24, 2.45) is 0 Å². The molecule has 0 unspecified atom stereocenters. The summed E-state index contributed by atoms with van der Waals surface area (Å²) in [4.78, 5) is 13.9. The lowest BCUT2D eigenvalue weighted by molar-refractivity contribution is -0.132. The molecule has 1 fully saturated rings. The molecule has 17 heavy (non-hydrogen) atoms. The van der Waals surface area contributed by atoms with Gasteiger partial charge in [0.15, 0.2) is 0 Å². The van der Waals surface area contributed by atoms with Crippen molar-refractivity contribution >= 4 is 5.91 Å². The highest BCUT2D eigenvalue weighted by Crippen LogP contribution is 2.03. The molecule has 1 amide bonds. The molecule has 0 saturated carbocycles. The number of nitrogens with zero attached hydrogens (tertiary/aromatic N) is 3. The smallest absolute Gasteiger partial charge is 0.224 e. The number of aromatic nitrogens is 2. The molecule has 0 radical (unpaired) electrons. The van der Waals surface area contributed by atoms with Gasteiger partial charge in [0.25, 0.3) is 0 Å². The molecule has 1 aliphatic heterocycles. The lowest BCUT2D eigenvalue weighted by Crippen LogP contribution is -2.51. The van der Waals surface area contributed by atoms with Gasteiger partial charge in [-0.05, 0) is 19.4 Å². The molecule has 1 atom stereocenters. The lowest BCUT2D eigenvalue weighted by Gasteiger charge is -2.32. The van der Waals surface area contributed by atoms with Crippen molar-refractivity contribution in [2.75, 3.05) is 19.6 Å². The molecule has 0 aliphatic carbocycles. The van der Waals surface area contributed by atoms with Crippen LogP contribution in [0.5, 0.6) is 0 Å². The maximum atomic E-state index is 12.0. The summed E-state index contributed by atoms with van der Waals surface area (Å²) in [6, 6.07) is 0.402. The van der Waals surface area contributed by atoms with Crippen molar-refractivity contribution in [3.05, 3.63) is 18.0 Å². The van der Waals surface area contributed by atoms with Gasteiger partial charge in [0.05, 0.1) is 6.20 Å². The van der Waals surface area contributed by atoms with Gasteiger partial charge in [-0.1, -0.05) is 0 Å². The molecule has 94 valence electrons. The van der Waals surface area contributed by atoms with E-state index in [1.165, 1.54) is 0 Å². The van der Waals surface area contributed by atoms with Crippen LogP contribution in [0.25, 0.3) is 0 Å². The average molecular weight is 236 g/mol. The Morgan fingerprint density at radius 3 is 3.12 bits per heavy atom. The number of aryl methyl sites for hydroxylation is 2. The zero-order chi connectivity index (χ0) is 12.3. The number of piperazine rings is 1. The molecular weight excluding hydrogens is 216 g/mol. The summed E-state index contributed by atoms with van der Waals surface area (Å²) in [6.07, 6.45) is 4.32. The van der Waals surface area contributed by atoms with Gasteiger partial charge in [0, 0.05) is 44.8 Å². The van der Waals surface area contributed by atoms with Crippen molar-refractivity contribution in [1.29, 1.82) is 0 Å². The van der Waals surface area contributed by atoms with E-state index in [9.17, 15) is 4.79 Å². The topological polar surface area (TPSA) is 50.2 Å². The first-order chi connectivity index (χ1) is 8.15. The number of nitrogens with one attached hydrogen (secondary N) is 1. The second-order valence-corrected chi connectivity index (χ2v) is 4.73. The van der Waals surface area contributed by atoms with E-state index in [0.717, 1.165) is 25.2 Å². The first-order valence-corrected chi connectivity index (χ1v) is 6.15. The fourth-order valence-corrected chi connectivity index (χ4v) is 2.12. The molecule has 0 aromatic carbocycles. The third kappa shape index (κ3) is 3.30. The Morgan fingerprint density at radius 1 is 1.65 bits per heavy atom. The van der Waals surface area contributed by atoms with Gasteiger partial charge in [0.1, 0.15) is 0 Å². The molecule has 0 spiro atoms. The predicted molar refractivity (Wildman–Crippen MR) is 65.6 cm³/mol. The number of rotatable bonds is 3. The van der Waals surface area contributed by atoms with Crippen LogP contribution in [0.4, 0.5) is 0 Å². The molecule has 1 aromatic rings. The van der Waals surface area contributed by atoms with Gasteiger partial charge in [-0.25, -0.2) is 0 Å². The Labute approximate surface area is 102 Å². The Balaban J connectivity index is 1.80. The van der Waals surface area contributed by atoms with E-state index < -0.39 is 0 Å². The number of amides is 1. The van der Waals surface area contributed by atoms with Crippen LogP contribution in [0.15, 0.2) is 12.4 Å². The van der Waals surface area contributed by atoms with Crippen LogP contribution in [0, 0.1) is 6.92 Å². The van der Waals surface area contributed by atoms with Crippen LogP contribution >= 0.6 is 0 Å².